The number of hydrogen-bond donors (Lipinski definition) is 2. The van der Waals surface area contributed by atoms with Crippen LogP contribution in [-0.2, 0) is 0 Å². The standard InChI is InChI=1S/2C3H6O/c2*1-2-3-4/h2*2,4H,1,3H2. The quantitative estimate of drug-likeness (QED) is 0.510. The fourth-order valence-corrected chi connectivity index (χ4v) is 0. The molecule has 2 N–H and O–H groups in total. The normalized spacial score (nSPS) is 6.25. The van der Waals surface area contributed by atoms with Crippen LogP contribution in [0.4, 0.5) is 0 Å². The van der Waals surface area contributed by atoms with Crippen LogP contribution in [-0.4, -0.2) is 23.4 Å². The van der Waals surface area contributed by atoms with Gasteiger partial charge >= 0.3 is 0 Å². The zero-order valence-electron chi connectivity index (χ0n) is 4.88. The summed E-state index contributed by atoms with van der Waals surface area (Å²) in [5, 5.41) is 15.5. The van der Waals surface area contributed by atoms with Crippen LogP contribution in [0.25, 0.3) is 0 Å². The summed E-state index contributed by atoms with van der Waals surface area (Å²) in [6, 6.07) is 0. The third kappa shape index (κ3) is 53.3. The summed E-state index contributed by atoms with van der Waals surface area (Å²) < 4.78 is 0. The van der Waals surface area contributed by atoms with Crippen molar-refractivity contribution in [1.82, 2.24) is 0 Å². The van der Waals surface area contributed by atoms with Gasteiger partial charge in [0.25, 0.3) is 0 Å². The summed E-state index contributed by atoms with van der Waals surface area (Å²) in [5.41, 5.74) is 0. The van der Waals surface area contributed by atoms with Gasteiger partial charge in [-0.05, 0) is 0 Å². The molecule has 48 valence electrons. The molecule has 0 fully saturated rings. The molecule has 0 aromatic carbocycles. The van der Waals surface area contributed by atoms with Gasteiger partial charge in [0.05, 0.1) is 13.2 Å². The third-order valence-corrected chi connectivity index (χ3v) is 0.258. The van der Waals surface area contributed by atoms with E-state index in [1.54, 1.807) is 0 Å². The van der Waals surface area contributed by atoms with Gasteiger partial charge in [0.2, 0.25) is 0 Å². The predicted octanol–water partition coefficient (Wildman–Crippen LogP) is 0.329. The Hall–Kier alpha value is -0.600. The highest BCUT2D eigenvalue weighted by atomic mass is 16.3. The van der Waals surface area contributed by atoms with Crippen molar-refractivity contribution in [3.8, 4) is 0 Å². The lowest BCUT2D eigenvalue weighted by Crippen LogP contribution is -1.62. The molecule has 0 rings (SSSR count). The molecule has 2 nitrogen and oxygen atoms in total. The van der Waals surface area contributed by atoms with Crippen molar-refractivity contribution in [2.24, 2.45) is 0 Å². The van der Waals surface area contributed by atoms with E-state index >= 15 is 0 Å². The molecule has 0 atom stereocenters. The minimum atomic E-state index is 0.0833. The highest BCUT2D eigenvalue weighted by Crippen LogP contribution is 1.46. The SMILES string of the molecule is C=CCO.C=CCO. The Labute approximate surface area is 49.8 Å². The van der Waals surface area contributed by atoms with E-state index in [1.165, 1.54) is 12.2 Å². The summed E-state index contributed by atoms with van der Waals surface area (Å²) in [5.74, 6) is 0. The molecule has 0 aliphatic carbocycles. The number of aliphatic hydroxyl groups is 2. The maximum Gasteiger partial charge on any atom is 0.0609 e. The first kappa shape index (κ1) is 10.4. The Morgan fingerprint density at radius 1 is 1.00 bits per heavy atom. The molecule has 0 aromatic rings. The third-order valence-electron chi connectivity index (χ3n) is 0.258. The molecule has 0 radical (unpaired) electrons. The first-order valence-electron chi connectivity index (χ1n) is 2.27. The van der Waals surface area contributed by atoms with Gasteiger partial charge in [0.1, 0.15) is 0 Å². The van der Waals surface area contributed by atoms with E-state index in [1.807, 2.05) is 0 Å². The van der Waals surface area contributed by atoms with Crippen LogP contribution in [0.3, 0.4) is 0 Å². The minimum absolute atomic E-state index is 0.0833. The molecule has 0 bridgehead atoms. The lowest BCUT2D eigenvalue weighted by molar-refractivity contribution is 0.343. The van der Waals surface area contributed by atoms with E-state index in [-0.39, 0.29) is 13.2 Å². The molecule has 0 spiro atoms. The summed E-state index contributed by atoms with van der Waals surface area (Å²) in [4.78, 5) is 0. The van der Waals surface area contributed by atoms with Crippen molar-refractivity contribution in [1.29, 1.82) is 0 Å². The molecule has 2 heteroatoms. The fraction of sp³-hybridized carbons (Fsp3) is 0.333. The Balaban J connectivity index is 0. The van der Waals surface area contributed by atoms with Crippen molar-refractivity contribution < 1.29 is 10.2 Å². The van der Waals surface area contributed by atoms with Gasteiger partial charge in [-0.3, -0.25) is 0 Å². The monoisotopic (exact) mass is 116 g/mol. The lowest BCUT2D eigenvalue weighted by Gasteiger charge is -1.60. The fourth-order valence-electron chi connectivity index (χ4n) is 0. The first-order valence-corrected chi connectivity index (χ1v) is 2.27. The average molecular weight is 116 g/mol. The zero-order chi connectivity index (χ0) is 6.83. The van der Waals surface area contributed by atoms with E-state index in [2.05, 4.69) is 13.2 Å². The second kappa shape index (κ2) is 16.1. The maximum absolute atomic E-state index is 7.76. The zero-order valence-corrected chi connectivity index (χ0v) is 4.88. The second-order valence-corrected chi connectivity index (χ2v) is 0.942. The lowest BCUT2D eigenvalue weighted by atomic mass is 10.7. The van der Waals surface area contributed by atoms with Crippen LogP contribution in [0.15, 0.2) is 25.3 Å². The van der Waals surface area contributed by atoms with E-state index in [0.717, 1.165) is 0 Å². The molecule has 0 aliphatic rings. The van der Waals surface area contributed by atoms with Crippen molar-refractivity contribution >= 4 is 0 Å². The Bertz CT molecular complexity index is 42.5. The molecule has 0 amide bonds. The summed E-state index contributed by atoms with van der Waals surface area (Å²) in [7, 11) is 0. The summed E-state index contributed by atoms with van der Waals surface area (Å²) in [6.07, 6.45) is 2.86. The average Bonchev–Trinajstić information content (AvgIpc) is 1.88. The molecular weight excluding hydrogens is 104 g/mol. The van der Waals surface area contributed by atoms with Crippen LogP contribution < -0.4 is 0 Å². The van der Waals surface area contributed by atoms with Gasteiger partial charge in [-0.2, -0.15) is 0 Å². The van der Waals surface area contributed by atoms with E-state index in [9.17, 15) is 0 Å². The maximum atomic E-state index is 7.76. The van der Waals surface area contributed by atoms with E-state index < -0.39 is 0 Å². The van der Waals surface area contributed by atoms with Gasteiger partial charge < -0.3 is 10.2 Å². The largest absolute Gasteiger partial charge is 0.392 e. The van der Waals surface area contributed by atoms with Crippen molar-refractivity contribution in [3.63, 3.8) is 0 Å². The molecule has 0 saturated carbocycles. The topological polar surface area (TPSA) is 40.5 Å². The Morgan fingerprint density at radius 2 is 1.12 bits per heavy atom. The van der Waals surface area contributed by atoms with Crippen LogP contribution in [0.1, 0.15) is 0 Å². The molecule has 0 unspecified atom stereocenters. The Kier molecular flexibility index (Phi) is 21.0. The van der Waals surface area contributed by atoms with Gasteiger partial charge in [-0.25, -0.2) is 0 Å². The highest BCUT2D eigenvalue weighted by molar-refractivity contribution is 4.61. The van der Waals surface area contributed by atoms with Crippen molar-refractivity contribution in [2.45, 2.75) is 0 Å². The first-order chi connectivity index (χ1) is 3.83. The molecule has 0 heterocycles. The number of rotatable bonds is 2. The predicted molar refractivity (Wildman–Crippen MR) is 34.6 cm³/mol. The molecule has 8 heavy (non-hydrogen) atoms. The van der Waals surface area contributed by atoms with E-state index in [4.69, 9.17) is 10.2 Å². The van der Waals surface area contributed by atoms with Crippen LogP contribution in [0.5, 0.6) is 0 Å². The van der Waals surface area contributed by atoms with Crippen LogP contribution in [0.2, 0.25) is 0 Å². The van der Waals surface area contributed by atoms with Gasteiger partial charge in [-0.15, -0.1) is 13.2 Å². The van der Waals surface area contributed by atoms with Crippen LogP contribution in [0, 0.1) is 0 Å². The molecule has 0 saturated heterocycles. The van der Waals surface area contributed by atoms with Crippen molar-refractivity contribution in [3.05, 3.63) is 25.3 Å². The minimum Gasteiger partial charge on any atom is -0.392 e. The molecular formula is C6H12O2. The molecule has 0 aromatic heterocycles. The van der Waals surface area contributed by atoms with Crippen LogP contribution >= 0.6 is 0 Å². The highest BCUT2D eigenvalue weighted by Gasteiger charge is 1.45. The number of hydrogen-bond acceptors (Lipinski definition) is 2. The summed E-state index contributed by atoms with van der Waals surface area (Å²) in [6.45, 7) is 6.62. The van der Waals surface area contributed by atoms with Gasteiger partial charge in [0, 0.05) is 0 Å². The Morgan fingerprint density at radius 3 is 1.12 bits per heavy atom. The van der Waals surface area contributed by atoms with Crippen molar-refractivity contribution in [2.75, 3.05) is 13.2 Å². The molecule has 0 aliphatic heterocycles. The van der Waals surface area contributed by atoms with Gasteiger partial charge in [0.15, 0.2) is 0 Å². The van der Waals surface area contributed by atoms with Gasteiger partial charge in [-0.1, -0.05) is 12.2 Å². The van der Waals surface area contributed by atoms with E-state index in [0.29, 0.717) is 0 Å². The smallest absolute Gasteiger partial charge is 0.0609 e. The summed E-state index contributed by atoms with van der Waals surface area (Å²) >= 11 is 0. The second-order valence-electron chi connectivity index (χ2n) is 0.942. The number of aliphatic hydroxyl groups excluding tert-OH is 2.